The molecule has 5 rings (SSSR count). The van der Waals surface area contributed by atoms with Gasteiger partial charge in [0.1, 0.15) is 5.01 Å². The van der Waals surface area contributed by atoms with Crippen LogP contribution in [-0.4, -0.2) is 46.7 Å². The molecule has 0 amide bonds. The van der Waals surface area contributed by atoms with E-state index in [4.69, 9.17) is 4.74 Å². The predicted octanol–water partition coefficient (Wildman–Crippen LogP) is 2.18. The number of anilines is 1. The summed E-state index contributed by atoms with van der Waals surface area (Å²) in [5.74, 6) is 0.714. The van der Waals surface area contributed by atoms with Crippen LogP contribution in [0.1, 0.15) is 12.8 Å². The molecular weight excluding hydrogens is 310 g/mol. The molecule has 120 valence electrons. The molecule has 1 aromatic carbocycles. The van der Waals surface area contributed by atoms with Crippen LogP contribution in [-0.2, 0) is 4.74 Å². The van der Waals surface area contributed by atoms with E-state index >= 15 is 0 Å². The van der Waals surface area contributed by atoms with Crippen molar-refractivity contribution < 1.29 is 9.84 Å². The second-order valence-corrected chi connectivity index (χ2v) is 7.80. The van der Waals surface area contributed by atoms with Crippen molar-refractivity contribution in [1.29, 1.82) is 0 Å². The van der Waals surface area contributed by atoms with E-state index in [1.807, 2.05) is 18.2 Å². The van der Waals surface area contributed by atoms with E-state index in [-0.39, 0.29) is 24.2 Å². The third-order valence-corrected chi connectivity index (χ3v) is 6.73. The minimum Gasteiger partial charge on any atom is -0.396 e. The molecule has 23 heavy (non-hydrogen) atoms. The van der Waals surface area contributed by atoms with Crippen molar-refractivity contribution in [2.24, 2.45) is 11.8 Å². The molecule has 3 aliphatic rings. The van der Waals surface area contributed by atoms with Gasteiger partial charge in [-0.15, -0.1) is 10.2 Å². The Morgan fingerprint density at radius 1 is 1.30 bits per heavy atom. The summed E-state index contributed by atoms with van der Waals surface area (Å²) in [7, 11) is 0. The third kappa shape index (κ3) is 1.98. The van der Waals surface area contributed by atoms with E-state index in [9.17, 15) is 5.11 Å². The number of benzene rings is 1. The second kappa shape index (κ2) is 5.00. The number of rotatable bonds is 3. The minimum absolute atomic E-state index is 0.0589. The zero-order chi connectivity index (χ0) is 15.4. The van der Waals surface area contributed by atoms with Gasteiger partial charge in [0.25, 0.3) is 0 Å². The number of aliphatic hydroxyl groups excluding tert-OH is 1. The van der Waals surface area contributed by atoms with Crippen LogP contribution in [0.15, 0.2) is 30.3 Å². The summed E-state index contributed by atoms with van der Waals surface area (Å²) in [6.45, 7) is 2.04. The maximum atomic E-state index is 9.72. The minimum atomic E-state index is -0.0589. The fraction of sp³-hybridized carbons (Fsp3) is 0.529. The SMILES string of the molecule is OC[C@H]1[C@H]2CN(c3nnc(-c4ccccc4)s3)C[C@]23CC[C@H]1O3. The lowest BCUT2D eigenvalue weighted by Crippen LogP contribution is -2.37. The summed E-state index contributed by atoms with van der Waals surface area (Å²) < 4.78 is 6.29. The largest absolute Gasteiger partial charge is 0.396 e. The molecule has 6 heteroatoms. The van der Waals surface area contributed by atoms with Crippen LogP contribution in [0.25, 0.3) is 10.6 Å². The van der Waals surface area contributed by atoms with Crippen LogP contribution in [0.3, 0.4) is 0 Å². The second-order valence-electron chi connectivity index (χ2n) is 6.85. The molecule has 4 heterocycles. The average Bonchev–Trinajstić information content (AvgIpc) is 3.33. The number of hydrogen-bond donors (Lipinski definition) is 1. The first-order chi connectivity index (χ1) is 11.3. The van der Waals surface area contributed by atoms with Gasteiger partial charge in [-0.05, 0) is 12.8 Å². The zero-order valence-electron chi connectivity index (χ0n) is 12.8. The molecule has 2 aromatic rings. The molecule has 0 saturated carbocycles. The van der Waals surface area contributed by atoms with Crippen molar-refractivity contribution in [2.45, 2.75) is 24.5 Å². The molecule has 1 aromatic heterocycles. The Morgan fingerprint density at radius 3 is 3.00 bits per heavy atom. The highest BCUT2D eigenvalue weighted by atomic mass is 32.1. The van der Waals surface area contributed by atoms with E-state index in [1.165, 1.54) is 0 Å². The summed E-state index contributed by atoms with van der Waals surface area (Å²) in [5.41, 5.74) is 1.05. The Labute approximate surface area is 138 Å². The van der Waals surface area contributed by atoms with Crippen LogP contribution in [0.2, 0.25) is 0 Å². The van der Waals surface area contributed by atoms with Gasteiger partial charge in [-0.1, -0.05) is 41.7 Å². The summed E-state index contributed by atoms with van der Waals surface area (Å²) in [6.07, 6.45) is 2.46. The highest BCUT2D eigenvalue weighted by molar-refractivity contribution is 7.18. The maximum absolute atomic E-state index is 9.72. The predicted molar refractivity (Wildman–Crippen MR) is 88.5 cm³/mol. The highest BCUT2D eigenvalue weighted by Gasteiger charge is 2.63. The molecule has 1 N–H and O–H groups in total. The molecule has 3 saturated heterocycles. The smallest absolute Gasteiger partial charge is 0.208 e. The fourth-order valence-electron chi connectivity index (χ4n) is 4.62. The van der Waals surface area contributed by atoms with Crippen molar-refractivity contribution in [1.82, 2.24) is 10.2 Å². The van der Waals surface area contributed by atoms with Crippen molar-refractivity contribution in [3.8, 4) is 10.6 Å². The normalized spacial score (nSPS) is 35.0. The Kier molecular flexibility index (Phi) is 3.02. The lowest BCUT2D eigenvalue weighted by Gasteiger charge is -2.27. The van der Waals surface area contributed by atoms with Gasteiger partial charge in [0.05, 0.1) is 11.7 Å². The van der Waals surface area contributed by atoms with Gasteiger partial charge >= 0.3 is 0 Å². The molecule has 5 nitrogen and oxygen atoms in total. The topological polar surface area (TPSA) is 58.5 Å². The van der Waals surface area contributed by atoms with Gasteiger partial charge in [0.2, 0.25) is 5.13 Å². The number of aliphatic hydroxyl groups is 1. The summed E-state index contributed by atoms with van der Waals surface area (Å²) in [4.78, 5) is 2.30. The van der Waals surface area contributed by atoms with E-state index in [0.717, 1.165) is 41.6 Å². The first-order valence-corrected chi connectivity index (χ1v) is 9.03. The van der Waals surface area contributed by atoms with Crippen molar-refractivity contribution in [3.63, 3.8) is 0 Å². The molecule has 3 fully saturated rings. The third-order valence-electron chi connectivity index (χ3n) is 5.70. The van der Waals surface area contributed by atoms with Crippen molar-refractivity contribution in [2.75, 3.05) is 24.6 Å². The van der Waals surface area contributed by atoms with Gasteiger partial charge in [0, 0.05) is 37.1 Å². The van der Waals surface area contributed by atoms with E-state index < -0.39 is 0 Å². The van der Waals surface area contributed by atoms with Crippen LogP contribution >= 0.6 is 11.3 Å². The summed E-state index contributed by atoms with van der Waals surface area (Å²) in [5, 5.41) is 20.4. The number of hydrogen-bond acceptors (Lipinski definition) is 6. The Hall–Kier alpha value is -1.50. The van der Waals surface area contributed by atoms with Gasteiger partial charge < -0.3 is 14.7 Å². The molecule has 3 aliphatic heterocycles. The van der Waals surface area contributed by atoms with E-state index in [1.54, 1.807) is 11.3 Å². The first-order valence-electron chi connectivity index (χ1n) is 8.22. The summed E-state index contributed by atoms with van der Waals surface area (Å²) in [6, 6.07) is 10.2. The first kappa shape index (κ1) is 13.9. The van der Waals surface area contributed by atoms with E-state index in [0.29, 0.717) is 5.92 Å². The van der Waals surface area contributed by atoms with Crippen molar-refractivity contribution in [3.05, 3.63) is 30.3 Å². The molecule has 4 atom stereocenters. The Balaban J connectivity index is 1.41. The number of fused-ring (bicyclic) bond motifs is 1. The average molecular weight is 329 g/mol. The van der Waals surface area contributed by atoms with Gasteiger partial charge in [-0.2, -0.15) is 0 Å². The molecule has 1 spiro atoms. The molecule has 2 bridgehead atoms. The standard InChI is InChI=1S/C17H19N3O2S/c21-9-12-13-8-20(10-17(13)7-6-14(12)22-17)16-19-18-15(23-16)11-4-2-1-3-5-11/h1-5,12-14,21H,6-10H2/t12-,13+,14+,17+/m0/s1. The Morgan fingerprint density at radius 2 is 2.17 bits per heavy atom. The lowest BCUT2D eigenvalue weighted by molar-refractivity contribution is 0.0129. The fourth-order valence-corrected chi connectivity index (χ4v) is 5.48. The molecule has 0 radical (unpaired) electrons. The lowest BCUT2D eigenvalue weighted by atomic mass is 9.74. The number of ether oxygens (including phenoxy) is 1. The number of aromatic nitrogens is 2. The van der Waals surface area contributed by atoms with Crippen LogP contribution in [0.4, 0.5) is 5.13 Å². The molecular formula is C17H19N3O2S. The Bertz CT molecular complexity index is 722. The van der Waals surface area contributed by atoms with Crippen molar-refractivity contribution >= 4 is 16.5 Å². The molecule has 0 unspecified atom stereocenters. The van der Waals surface area contributed by atoms with Crippen LogP contribution in [0, 0.1) is 11.8 Å². The van der Waals surface area contributed by atoms with Gasteiger partial charge in [-0.25, -0.2) is 0 Å². The van der Waals surface area contributed by atoms with Crippen LogP contribution in [0.5, 0.6) is 0 Å². The monoisotopic (exact) mass is 329 g/mol. The maximum Gasteiger partial charge on any atom is 0.208 e. The molecule has 0 aliphatic carbocycles. The summed E-state index contributed by atoms with van der Waals surface area (Å²) >= 11 is 1.64. The number of nitrogens with zero attached hydrogens (tertiary/aromatic N) is 3. The zero-order valence-corrected chi connectivity index (χ0v) is 13.6. The van der Waals surface area contributed by atoms with E-state index in [2.05, 4.69) is 27.2 Å². The van der Waals surface area contributed by atoms with Gasteiger partial charge in [-0.3, -0.25) is 0 Å². The highest BCUT2D eigenvalue weighted by Crippen LogP contribution is 2.55. The quantitative estimate of drug-likeness (QED) is 0.935. The van der Waals surface area contributed by atoms with Crippen LogP contribution < -0.4 is 4.90 Å². The van der Waals surface area contributed by atoms with Gasteiger partial charge in [0.15, 0.2) is 0 Å².